The van der Waals surface area contributed by atoms with Crippen LogP contribution < -0.4 is 4.74 Å². The van der Waals surface area contributed by atoms with Crippen molar-refractivity contribution in [3.05, 3.63) is 28.8 Å². The highest BCUT2D eigenvalue weighted by molar-refractivity contribution is 5.76. The molecule has 1 aromatic rings. The van der Waals surface area contributed by atoms with Gasteiger partial charge in [0, 0.05) is 0 Å². The predicted octanol–water partition coefficient (Wildman–Crippen LogP) is 3.31. The number of likely N-dealkylation sites (tertiary alicyclic amines) is 1. The molecule has 1 atom stereocenters. The summed E-state index contributed by atoms with van der Waals surface area (Å²) in [6, 6.07) is 3.36. The molecule has 21 heavy (non-hydrogen) atoms. The minimum Gasteiger partial charge on any atom is -0.496 e. The zero-order chi connectivity index (χ0) is 15.4. The van der Waals surface area contributed by atoms with Crippen LogP contribution >= 0.6 is 0 Å². The number of hydrogen-bond donors (Lipinski definition) is 1. The zero-order valence-electron chi connectivity index (χ0n) is 13.2. The molecular formula is C17H25NO3. The molecule has 0 aromatic heterocycles. The lowest BCUT2D eigenvalue weighted by Gasteiger charge is -2.28. The van der Waals surface area contributed by atoms with Gasteiger partial charge >= 0.3 is 5.97 Å². The van der Waals surface area contributed by atoms with Crippen molar-refractivity contribution in [2.75, 3.05) is 20.2 Å². The molecule has 0 aliphatic carbocycles. The van der Waals surface area contributed by atoms with Gasteiger partial charge in [-0.15, -0.1) is 0 Å². The molecule has 1 heterocycles. The molecular weight excluding hydrogens is 266 g/mol. The van der Waals surface area contributed by atoms with Gasteiger partial charge in [0.1, 0.15) is 11.8 Å². The third-order valence-electron chi connectivity index (χ3n) is 4.24. The van der Waals surface area contributed by atoms with Gasteiger partial charge in [0.2, 0.25) is 0 Å². The van der Waals surface area contributed by atoms with Crippen molar-refractivity contribution in [1.82, 2.24) is 4.90 Å². The van der Waals surface area contributed by atoms with Gasteiger partial charge in [-0.2, -0.15) is 0 Å². The number of carbonyl (C=O) groups is 1. The number of rotatable bonds is 4. The van der Waals surface area contributed by atoms with Gasteiger partial charge < -0.3 is 9.84 Å². The topological polar surface area (TPSA) is 49.8 Å². The summed E-state index contributed by atoms with van der Waals surface area (Å²) < 4.78 is 5.38. The second kappa shape index (κ2) is 6.94. The van der Waals surface area contributed by atoms with Gasteiger partial charge in [0.15, 0.2) is 0 Å². The Bertz CT molecular complexity index is 482. The molecule has 0 bridgehead atoms. The molecule has 116 valence electrons. The quantitative estimate of drug-likeness (QED) is 0.924. The predicted molar refractivity (Wildman–Crippen MR) is 82.9 cm³/mol. The van der Waals surface area contributed by atoms with E-state index in [9.17, 15) is 9.90 Å². The third-order valence-corrected chi connectivity index (χ3v) is 4.24. The molecule has 1 fully saturated rings. The number of carboxylic acid groups (broad SMARTS) is 1. The summed E-state index contributed by atoms with van der Waals surface area (Å²) in [7, 11) is 1.65. The second-order valence-electron chi connectivity index (χ2n) is 5.88. The lowest BCUT2D eigenvalue weighted by Crippen LogP contribution is -2.35. The van der Waals surface area contributed by atoms with Gasteiger partial charge in [-0.1, -0.05) is 25.0 Å². The minimum absolute atomic E-state index is 0.550. The summed E-state index contributed by atoms with van der Waals surface area (Å²) in [5, 5.41) is 9.71. The number of methoxy groups -OCH3 is 1. The number of aryl methyl sites for hydroxylation is 2. The van der Waals surface area contributed by atoms with Crippen molar-refractivity contribution < 1.29 is 14.6 Å². The lowest BCUT2D eigenvalue weighted by molar-refractivity contribution is -0.143. The normalized spacial score (nSPS) is 18.0. The Hall–Kier alpha value is -1.55. The Morgan fingerprint density at radius 3 is 2.10 bits per heavy atom. The first-order chi connectivity index (χ1) is 10.0. The SMILES string of the molecule is COc1c(C)cc(C(C(=O)O)N2CCCCCC2)cc1C. The average molecular weight is 291 g/mol. The standard InChI is InChI=1S/C17H25NO3/c1-12-10-14(11-13(2)16(12)21-3)15(17(19)20)18-8-6-4-5-7-9-18/h10-11,15H,4-9H2,1-3H3,(H,19,20). The van der Waals surface area contributed by atoms with E-state index in [-0.39, 0.29) is 0 Å². The Balaban J connectivity index is 2.36. The van der Waals surface area contributed by atoms with Crippen LogP contribution in [0.4, 0.5) is 0 Å². The third kappa shape index (κ3) is 3.56. The van der Waals surface area contributed by atoms with E-state index in [1.165, 1.54) is 12.8 Å². The van der Waals surface area contributed by atoms with E-state index in [4.69, 9.17) is 4.74 Å². The molecule has 0 saturated carbocycles. The number of hydrogen-bond acceptors (Lipinski definition) is 3. The van der Waals surface area contributed by atoms with Gasteiger partial charge in [-0.25, -0.2) is 0 Å². The summed E-state index contributed by atoms with van der Waals surface area (Å²) in [6.07, 6.45) is 4.56. The van der Waals surface area contributed by atoms with Crippen LogP contribution in [0.25, 0.3) is 0 Å². The lowest BCUT2D eigenvalue weighted by atomic mass is 9.99. The molecule has 1 aliphatic heterocycles. The van der Waals surface area contributed by atoms with Crippen molar-refractivity contribution in [3.63, 3.8) is 0 Å². The number of benzene rings is 1. The van der Waals surface area contributed by atoms with E-state index in [1.54, 1.807) is 7.11 Å². The molecule has 1 saturated heterocycles. The molecule has 0 radical (unpaired) electrons. The van der Waals surface area contributed by atoms with Crippen LogP contribution in [-0.4, -0.2) is 36.2 Å². The van der Waals surface area contributed by atoms with Gasteiger partial charge in [-0.05, 0) is 56.5 Å². The van der Waals surface area contributed by atoms with E-state index >= 15 is 0 Å². The number of carboxylic acids is 1. The molecule has 2 rings (SSSR count). The summed E-state index contributed by atoms with van der Waals surface area (Å²) in [4.78, 5) is 13.9. The molecule has 1 N–H and O–H groups in total. The Labute approximate surface area is 126 Å². The maximum Gasteiger partial charge on any atom is 0.325 e. The first-order valence-electron chi connectivity index (χ1n) is 7.66. The zero-order valence-corrected chi connectivity index (χ0v) is 13.2. The van der Waals surface area contributed by atoms with E-state index in [2.05, 4.69) is 4.90 Å². The van der Waals surface area contributed by atoms with Crippen LogP contribution in [-0.2, 0) is 4.79 Å². The fraction of sp³-hybridized carbons (Fsp3) is 0.588. The van der Waals surface area contributed by atoms with E-state index in [0.717, 1.165) is 48.4 Å². The maximum atomic E-state index is 11.8. The van der Waals surface area contributed by atoms with E-state index in [1.807, 2.05) is 26.0 Å². The summed E-state index contributed by atoms with van der Waals surface area (Å²) in [6.45, 7) is 5.66. The van der Waals surface area contributed by atoms with Gasteiger partial charge in [0.05, 0.1) is 7.11 Å². The molecule has 0 spiro atoms. The largest absolute Gasteiger partial charge is 0.496 e. The second-order valence-corrected chi connectivity index (χ2v) is 5.88. The highest BCUT2D eigenvalue weighted by atomic mass is 16.5. The van der Waals surface area contributed by atoms with Crippen LogP contribution in [0.2, 0.25) is 0 Å². The number of aliphatic carboxylic acids is 1. The van der Waals surface area contributed by atoms with Gasteiger partial charge in [-0.3, -0.25) is 9.69 Å². The molecule has 1 aliphatic rings. The molecule has 4 nitrogen and oxygen atoms in total. The van der Waals surface area contributed by atoms with Crippen LogP contribution in [0.15, 0.2) is 12.1 Å². The van der Waals surface area contributed by atoms with Gasteiger partial charge in [0.25, 0.3) is 0 Å². The Kier molecular flexibility index (Phi) is 5.23. The molecule has 1 aromatic carbocycles. The van der Waals surface area contributed by atoms with Crippen LogP contribution in [0.5, 0.6) is 5.75 Å². The van der Waals surface area contributed by atoms with Crippen LogP contribution in [0.3, 0.4) is 0 Å². The monoisotopic (exact) mass is 291 g/mol. The smallest absolute Gasteiger partial charge is 0.325 e. The fourth-order valence-corrected chi connectivity index (χ4v) is 3.33. The first-order valence-corrected chi connectivity index (χ1v) is 7.66. The van der Waals surface area contributed by atoms with Crippen molar-refractivity contribution in [3.8, 4) is 5.75 Å². The summed E-state index contributed by atoms with van der Waals surface area (Å²) >= 11 is 0. The molecule has 0 amide bonds. The first kappa shape index (κ1) is 15.8. The van der Waals surface area contributed by atoms with Crippen molar-refractivity contribution in [1.29, 1.82) is 0 Å². The maximum absolute atomic E-state index is 11.8. The molecule has 4 heteroatoms. The summed E-state index contributed by atoms with van der Waals surface area (Å²) in [5.41, 5.74) is 2.85. The van der Waals surface area contributed by atoms with Crippen LogP contribution in [0, 0.1) is 13.8 Å². The van der Waals surface area contributed by atoms with Crippen molar-refractivity contribution in [2.45, 2.75) is 45.6 Å². The van der Waals surface area contributed by atoms with Crippen LogP contribution in [0.1, 0.15) is 48.4 Å². The Morgan fingerprint density at radius 1 is 1.14 bits per heavy atom. The Morgan fingerprint density at radius 2 is 1.67 bits per heavy atom. The fourth-order valence-electron chi connectivity index (χ4n) is 3.33. The number of nitrogens with zero attached hydrogens (tertiary/aromatic N) is 1. The molecule has 1 unspecified atom stereocenters. The number of ether oxygens (including phenoxy) is 1. The average Bonchev–Trinajstić information content (AvgIpc) is 2.67. The minimum atomic E-state index is -0.763. The van der Waals surface area contributed by atoms with Crippen molar-refractivity contribution in [2.24, 2.45) is 0 Å². The van der Waals surface area contributed by atoms with E-state index in [0.29, 0.717) is 0 Å². The van der Waals surface area contributed by atoms with Crippen molar-refractivity contribution >= 4 is 5.97 Å². The highest BCUT2D eigenvalue weighted by Crippen LogP contribution is 2.31. The van der Waals surface area contributed by atoms with E-state index < -0.39 is 12.0 Å². The summed E-state index contributed by atoms with van der Waals surface area (Å²) in [5.74, 6) is 0.0830. The highest BCUT2D eigenvalue weighted by Gasteiger charge is 2.28.